The predicted molar refractivity (Wildman–Crippen MR) is 105 cm³/mol. The van der Waals surface area contributed by atoms with Gasteiger partial charge in [0.1, 0.15) is 0 Å². The van der Waals surface area contributed by atoms with Crippen LogP contribution in [0.3, 0.4) is 0 Å². The van der Waals surface area contributed by atoms with Crippen molar-refractivity contribution in [3.63, 3.8) is 0 Å². The van der Waals surface area contributed by atoms with Crippen molar-refractivity contribution in [3.8, 4) is 0 Å². The Morgan fingerprint density at radius 1 is 1.27 bits per heavy atom. The van der Waals surface area contributed by atoms with E-state index in [0.29, 0.717) is 25.0 Å². The molecule has 0 saturated carbocycles. The molecule has 3 saturated heterocycles. The van der Waals surface area contributed by atoms with Crippen molar-refractivity contribution in [2.75, 3.05) is 39.8 Å². The fourth-order valence-corrected chi connectivity index (χ4v) is 4.06. The normalized spacial score (nSPS) is 23.2. The number of likely N-dealkylation sites (N-methyl/N-ethyl adjacent to an activating group) is 1. The average Bonchev–Trinajstić information content (AvgIpc) is 2.92. The Labute approximate surface area is 157 Å². The van der Waals surface area contributed by atoms with E-state index in [1.165, 1.54) is 18.4 Å². The van der Waals surface area contributed by atoms with Crippen molar-refractivity contribution in [2.24, 2.45) is 5.92 Å². The molecule has 0 N–H and O–H groups in total. The highest BCUT2D eigenvalue weighted by molar-refractivity contribution is 5.78. The van der Waals surface area contributed by atoms with Crippen LogP contribution in [-0.4, -0.2) is 71.4 Å². The van der Waals surface area contributed by atoms with Crippen LogP contribution in [0.5, 0.6) is 0 Å². The van der Waals surface area contributed by atoms with E-state index in [1.54, 1.807) is 6.20 Å². The van der Waals surface area contributed by atoms with Gasteiger partial charge in [-0.3, -0.25) is 19.6 Å². The van der Waals surface area contributed by atoms with Crippen LogP contribution in [0.25, 0.3) is 0 Å². The molecule has 3 aliphatic rings. The van der Waals surface area contributed by atoms with Crippen LogP contribution in [-0.2, 0) is 11.3 Å². The quantitative estimate of drug-likeness (QED) is 0.734. The van der Waals surface area contributed by atoms with Crippen LogP contribution in [0.15, 0.2) is 36.0 Å². The molecule has 4 heterocycles. The van der Waals surface area contributed by atoms with Crippen molar-refractivity contribution in [3.05, 3.63) is 41.7 Å². The molecule has 1 amide bonds. The van der Waals surface area contributed by atoms with Crippen molar-refractivity contribution < 1.29 is 4.79 Å². The molecular weight excluding hydrogens is 324 g/mol. The monoisotopic (exact) mass is 356 g/mol. The summed E-state index contributed by atoms with van der Waals surface area (Å²) < 4.78 is 0. The Morgan fingerprint density at radius 3 is 2.85 bits per heavy atom. The molecule has 5 heteroatoms. The highest BCUT2D eigenvalue weighted by Crippen LogP contribution is 2.28. The van der Waals surface area contributed by atoms with E-state index in [1.807, 2.05) is 25.2 Å². The van der Waals surface area contributed by atoms with Crippen molar-refractivity contribution in [1.29, 1.82) is 0 Å². The van der Waals surface area contributed by atoms with Crippen molar-refractivity contribution in [2.45, 2.75) is 39.3 Å². The third kappa shape index (κ3) is 5.15. The molecule has 2 bridgehead atoms. The smallest absolute Gasteiger partial charge is 0.236 e. The Bertz CT molecular complexity index is 626. The molecular formula is C21H32N4O. The zero-order chi connectivity index (χ0) is 18.5. The number of pyridine rings is 1. The van der Waals surface area contributed by atoms with Crippen molar-refractivity contribution in [1.82, 2.24) is 19.7 Å². The molecule has 4 rings (SSSR count). The highest BCUT2D eigenvalue weighted by atomic mass is 16.2. The van der Waals surface area contributed by atoms with Crippen molar-refractivity contribution >= 4 is 5.91 Å². The van der Waals surface area contributed by atoms with Gasteiger partial charge in [0.2, 0.25) is 5.91 Å². The number of fused-ring (bicyclic) bond motifs is 4. The van der Waals surface area contributed by atoms with Gasteiger partial charge in [0.15, 0.2) is 0 Å². The maximum atomic E-state index is 12.9. The lowest BCUT2D eigenvalue weighted by molar-refractivity contribution is -0.132. The first kappa shape index (κ1) is 19.1. The second kappa shape index (κ2) is 8.78. The first-order chi connectivity index (χ1) is 12.5. The summed E-state index contributed by atoms with van der Waals surface area (Å²) in [4.78, 5) is 24.0. The van der Waals surface area contributed by atoms with E-state index < -0.39 is 0 Å². The molecule has 0 spiro atoms. The number of carbonyl (C=O) groups is 1. The third-order valence-corrected chi connectivity index (χ3v) is 5.48. The first-order valence-electron chi connectivity index (χ1n) is 9.75. The molecule has 3 fully saturated rings. The van der Waals surface area contributed by atoms with Gasteiger partial charge in [-0.2, -0.15) is 0 Å². The minimum atomic E-state index is 0.254. The van der Waals surface area contributed by atoms with Gasteiger partial charge in [0.25, 0.3) is 0 Å². The minimum Gasteiger partial charge on any atom is -0.340 e. The maximum Gasteiger partial charge on any atom is 0.236 e. The second-order valence-corrected chi connectivity index (χ2v) is 8.12. The average molecular weight is 357 g/mol. The minimum absolute atomic E-state index is 0.254. The van der Waals surface area contributed by atoms with E-state index in [9.17, 15) is 4.79 Å². The van der Waals surface area contributed by atoms with Crippen LogP contribution in [0.1, 0.15) is 32.4 Å². The molecule has 2 atom stereocenters. The third-order valence-electron chi connectivity index (χ3n) is 5.48. The van der Waals surface area contributed by atoms with Crippen LogP contribution < -0.4 is 0 Å². The summed E-state index contributed by atoms with van der Waals surface area (Å²) in [6, 6.07) is 6.43. The van der Waals surface area contributed by atoms with E-state index in [0.717, 1.165) is 31.9 Å². The lowest BCUT2D eigenvalue weighted by atomic mass is 9.95. The molecule has 3 aliphatic heterocycles. The molecule has 0 aliphatic carbocycles. The summed E-state index contributed by atoms with van der Waals surface area (Å²) in [5, 5.41) is 0. The van der Waals surface area contributed by atoms with Crippen LogP contribution in [0.4, 0.5) is 0 Å². The van der Waals surface area contributed by atoms with Gasteiger partial charge in [0.05, 0.1) is 12.2 Å². The van der Waals surface area contributed by atoms with Gasteiger partial charge < -0.3 is 4.90 Å². The molecule has 142 valence electrons. The summed E-state index contributed by atoms with van der Waals surface area (Å²) >= 11 is 0. The fraction of sp³-hybridized carbons (Fsp3) is 0.619. The molecule has 5 nitrogen and oxygen atoms in total. The molecule has 1 aromatic rings. The van der Waals surface area contributed by atoms with E-state index in [2.05, 4.69) is 39.6 Å². The summed E-state index contributed by atoms with van der Waals surface area (Å²) in [7, 11) is 2.00. The highest BCUT2D eigenvalue weighted by Gasteiger charge is 2.35. The Hall–Kier alpha value is -1.72. The Kier molecular flexibility index (Phi) is 6.43. The van der Waals surface area contributed by atoms with Gasteiger partial charge in [-0.1, -0.05) is 17.7 Å². The van der Waals surface area contributed by atoms with E-state index >= 15 is 0 Å². The van der Waals surface area contributed by atoms with E-state index in [-0.39, 0.29) is 5.91 Å². The number of aromatic nitrogens is 1. The lowest BCUT2D eigenvalue weighted by Crippen LogP contribution is -2.45. The molecule has 0 unspecified atom stereocenters. The van der Waals surface area contributed by atoms with Gasteiger partial charge in [-0.05, 0) is 51.8 Å². The molecule has 26 heavy (non-hydrogen) atoms. The number of piperidine rings is 1. The molecule has 0 aromatic carbocycles. The Morgan fingerprint density at radius 2 is 2.12 bits per heavy atom. The van der Waals surface area contributed by atoms with Gasteiger partial charge >= 0.3 is 0 Å². The lowest BCUT2D eigenvalue weighted by Gasteiger charge is -2.35. The zero-order valence-corrected chi connectivity index (χ0v) is 16.4. The SMILES string of the molecule is CC(C)=CCN1C[C@@H]2CC[C@H]1CN(C(=O)CN(C)Cc1ccccn1)C2. The maximum absolute atomic E-state index is 12.9. The van der Waals surface area contributed by atoms with Gasteiger partial charge in [0, 0.05) is 45.0 Å². The largest absolute Gasteiger partial charge is 0.340 e. The number of nitrogens with zero attached hydrogens (tertiary/aromatic N) is 4. The topological polar surface area (TPSA) is 39.7 Å². The number of carbonyl (C=O) groups excluding carboxylic acids is 1. The summed E-state index contributed by atoms with van der Waals surface area (Å²) in [5.74, 6) is 0.869. The summed E-state index contributed by atoms with van der Waals surface area (Å²) in [6.45, 7) is 9.42. The van der Waals surface area contributed by atoms with Crippen LogP contribution in [0.2, 0.25) is 0 Å². The number of hydrogen-bond acceptors (Lipinski definition) is 4. The van der Waals surface area contributed by atoms with Crippen LogP contribution >= 0.6 is 0 Å². The molecule has 1 aromatic heterocycles. The standard InChI is InChI=1S/C21H32N4O/c1-17(2)9-11-24-12-18-7-8-20(24)15-25(13-18)21(26)16-23(3)14-19-6-4-5-10-22-19/h4-6,9-10,18,20H,7-8,11-16H2,1-3H3/t18-,20-/m0/s1. The Balaban J connectivity index is 1.56. The summed E-state index contributed by atoms with van der Waals surface area (Å²) in [5.41, 5.74) is 2.38. The zero-order valence-electron chi connectivity index (χ0n) is 16.4. The number of rotatable bonds is 6. The predicted octanol–water partition coefficient (Wildman–Crippen LogP) is 2.40. The fourth-order valence-electron chi connectivity index (χ4n) is 4.06. The van der Waals surface area contributed by atoms with Crippen LogP contribution in [0, 0.1) is 5.92 Å². The second-order valence-electron chi connectivity index (χ2n) is 8.12. The number of amides is 1. The van der Waals surface area contributed by atoms with Gasteiger partial charge in [-0.15, -0.1) is 0 Å². The van der Waals surface area contributed by atoms with E-state index in [4.69, 9.17) is 0 Å². The van der Waals surface area contributed by atoms with Gasteiger partial charge in [-0.25, -0.2) is 0 Å². The number of allylic oxidation sites excluding steroid dienone is 1. The first-order valence-corrected chi connectivity index (χ1v) is 9.75. The summed E-state index contributed by atoms with van der Waals surface area (Å²) in [6.07, 6.45) is 6.59. The number of hydrogen-bond donors (Lipinski definition) is 0. The molecule has 0 radical (unpaired) electrons.